The number of aromatic nitrogens is 6. The smallest absolute Gasteiger partial charge is 0.229 e. The summed E-state index contributed by atoms with van der Waals surface area (Å²) in [6, 6.07) is 59.1. The van der Waals surface area contributed by atoms with Crippen LogP contribution >= 0.6 is 0 Å². The van der Waals surface area contributed by atoms with E-state index in [0.717, 1.165) is 66.7 Å². The molecule has 7 heteroatoms. The summed E-state index contributed by atoms with van der Waals surface area (Å²) in [6.45, 7) is 0. The van der Waals surface area contributed by atoms with Gasteiger partial charge in [-0.05, 0) is 28.8 Å². The van der Waals surface area contributed by atoms with Gasteiger partial charge in [-0.15, -0.1) is 0 Å². The van der Waals surface area contributed by atoms with Gasteiger partial charge < -0.3 is 4.42 Å². The van der Waals surface area contributed by atoms with Crippen LogP contribution < -0.4 is 0 Å². The molecule has 6 aromatic carbocycles. The molecule has 0 unspecified atom stereocenters. The Balaban J connectivity index is 1.05. The van der Waals surface area contributed by atoms with E-state index in [1.165, 1.54) is 0 Å². The van der Waals surface area contributed by atoms with Crippen LogP contribution in [0, 0.1) is 0 Å². The van der Waals surface area contributed by atoms with Gasteiger partial charge in [0, 0.05) is 39.6 Å². The molecule has 258 valence electrons. The molecule has 0 saturated carbocycles. The summed E-state index contributed by atoms with van der Waals surface area (Å²) in [6.07, 6.45) is 1.84. The van der Waals surface area contributed by atoms with Gasteiger partial charge in [-0.2, -0.15) is 0 Å². The average molecular weight is 707 g/mol. The lowest BCUT2D eigenvalue weighted by molar-refractivity contribution is 0.653. The molecule has 0 fully saturated rings. The normalized spacial score (nSPS) is 11.3. The van der Waals surface area contributed by atoms with Crippen molar-refractivity contribution in [1.82, 2.24) is 29.9 Å². The van der Waals surface area contributed by atoms with E-state index in [-0.39, 0.29) is 0 Å². The molecule has 10 aromatic rings. The molecular formula is C48H30N6O. The zero-order valence-corrected chi connectivity index (χ0v) is 29.4. The highest BCUT2D eigenvalue weighted by molar-refractivity contribution is 6.07. The Morgan fingerprint density at radius 3 is 1.40 bits per heavy atom. The Labute approximate surface area is 316 Å². The molecule has 0 amide bonds. The van der Waals surface area contributed by atoms with Crippen molar-refractivity contribution in [3.05, 3.63) is 182 Å². The van der Waals surface area contributed by atoms with Crippen LogP contribution in [0.1, 0.15) is 0 Å². The molecule has 0 saturated heterocycles. The quantitative estimate of drug-likeness (QED) is 0.163. The number of benzene rings is 6. The Morgan fingerprint density at radius 2 is 0.782 bits per heavy atom. The van der Waals surface area contributed by atoms with Crippen LogP contribution in [-0.2, 0) is 0 Å². The van der Waals surface area contributed by atoms with Crippen molar-refractivity contribution in [3.8, 4) is 79.1 Å². The first-order chi connectivity index (χ1) is 27.2. The fraction of sp³-hybridized carbons (Fsp3) is 0. The summed E-state index contributed by atoms with van der Waals surface area (Å²) in [5.74, 6) is 2.44. The first-order valence-electron chi connectivity index (χ1n) is 18.0. The molecule has 0 radical (unpaired) electrons. The molecule has 0 aliphatic heterocycles. The third-order valence-corrected chi connectivity index (χ3v) is 9.62. The van der Waals surface area contributed by atoms with Crippen LogP contribution in [0.15, 0.2) is 187 Å². The van der Waals surface area contributed by atoms with Crippen molar-refractivity contribution in [2.45, 2.75) is 0 Å². The molecule has 0 N–H and O–H groups in total. The minimum Gasteiger partial charge on any atom is -0.434 e. The van der Waals surface area contributed by atoms with Crippen LogP contribution in [0.3, 0.4) is 0 Å². The number of hydrogen-bond acceptors (Lipinski definition) is 7. The highest BCUT2D eigenvalue weighted by Crippen LogP contribution is 2.37. The summed E-state index contributed by atoms with van der Waals surface area (Å²) < 4.78 is 6.37. The van der Waals surface area contributed by atoms with Crippen molar-refractivity contribution in [1.29, 1.82) is 0 Å². The minimum atomic E-state index is 0.509. The first kappa shape index (κ1) is 32.0. The Morgan fingerprint density at radius 1 is 0.327 bits per heavy atom. The second kappa shape index (κ2) is 13.7. The van der Waals surface area contributed by atoms with Crippen molar-refractivity contribution >= 4 is 22.2 Å². The lowest BCUT2D eigenvalue weighted by atomic mass is 10.0. The summed E-state index contributed by atoms with van der Waals surface area (Å²) in [5.41, 5.74) is 11.3. The molecule has 0 atom stereocenters. The van der Waals surface area contributed by atoms with Gasteiger partial charge >= 0.3 is 0 Å². The number of furan rings is 1. The Bertz CT molecular complexity index is 2950. The number of hydrogen-bond donors (Lipinski definition) is 0. The van der Waals surface area contributed by atoms with E-state index in [0.29, 0.717) is 34.6 Å². The SMILES string of the molecule is c1ccc(-c2cccc(-c3nc(-c4ccccc4)nc(-c4ccc(-c5cnc6oc7c(-c8ccccc8)nc(-c8ccccc8)nc7c6c5)cc4)n3)c2)cc1. The summed E-state index contributed by atoms with van der Waals surface area (Å²) >= 11 is 0. The van der Waals surface area contributed by atoms with Gasteiger partial charge in [-0.1, -0.05) is 164 Å². The fourth-order valence-electron chi connectivity index (χ4n) is 6.83. The van der Waals surface area contributed by atoms with E-state index < -0.39 is 0 Å². The van der Waals surface area contributed by atoms with Crippen LogP contribution in [0.25, 0.3) is 101 Å². The van der Waals surface area contributed by atoms with Gasteiger partial charge in [0.2, 0.25) is 5.71 Å². The molecule has 4 heterocycles. The van der Waals surface area contributed by atoms with Gasteiger partial charge in [-0.25, -0.2) is 29.9 Å². The summed E-state index contributed by atoms with van der Waals surface area (Å²) in [7, 11) is 0. The van der Waals surface area contributed by atoms with Gasteiger partial charge in [0.05, 0.1) is 5.39 Å². The van der Waals surface area contributed by atoms with Gasteiger partial charge in [0.15, 0.2) is 28.9 Å². The average Bonchev–Trinajstić information content (AvgIpc) is 3.65. The third kappa shape index (κ3) is 6.19. The second-order valence-corrected chi connectivity index (χ2v) is 13.2. The summed E-state index contributed by atoms with van der Waals surface area (Å²) in [4.78, 5) is 29.7. The fourth-order valence-corrected chi connectivity index (χ4v) is 6.83. The molecule has 0 aliphatic rings. The maximum atomic E-state index is 6.37. The lowest BCUT2D eigenvalue weighted by Gasteiger charge is -2.10. The molecular weight excluding hydrogens is 677 g/mol. The molecule has 0 spiro atoms. The number of fused-ring (bicyclic) bond motifs is 3. The third-order valence-electron chi connectivity index (χ3n) is 9.62. The number of pyridine rings is 1. The minimum absolute atomic E-state index is 0.509. The van der Waals surface area contributed by atoms with Gasteiger partial charge in [-0.3, -0.25) is 0 Å². The van der Waals surface area contributed by atoms with Crippen molar-refractivity contribution in [2.24, 2.45) is 0 Å². The van der Waals surface area contributed by atoms with Gasteiger partial charge in [0.1, 0.15) is 11.2 Å². The van der Waals surface area contributed by atoms with Crippen LogP contribution in [0.2, 0.25) is 0 Å². The van der Waals surface area contributed by atoms with E-state index in [4.69, 9.17) is 34.3 Å². The molecule has 4 aromatic heterocycles. The lowest BCUT2D eigenvalue weighted by Crippen LogP contribution is -2.00. The van der Waals surface area contributed by atoms with Gasteiger partial charge in [0.25, 0.3) is 0 Å². The van der Waals surface area contributed by atoms with Crippen LogP contribution in [-0.4, -0.2) is 29.9 Å². The molecule has 0 bridgehead atoms. The predicted molar refractivity (Wildman–Crippen MR) is 219 cm³/mol. The number of nitrogens with zero attached hydrogens (tertiary/aromatic N) is 6. The van der Waals surface area contributed by atoms with Crippen LogP contribution in [0.4, 0.5) is 0 Å². The molecule has 55 heavy (non-hydrogen) atoms. The zero-order valence-electron chi connectivity index (χ0n) is 29.4. The van der Waals surface area contributed by atoms with E-state index in [1.54, 1.807) is 0 Å². The highest BCUT2D eigenvalue weighted by atomic mass is 16.3. The van der Waals surface area contributed by atoms with E-state index in [1.807, 2.05) is 140 Å². The monoisotopic (exact) mass is 706 g/mol. The Hall–Kier alpha value is -7.64. The number of rotatable bonds is 7. The van der Waals surface area contributed by atoms with E-state index >= 15 is 0 Å². The maximum absolute atomic E-state index is 6.37. The zero-order chi connectivity index (χ0) is 36.6. The molecule has 10 rings (SSSR count). The Kier molecular flexibility index (Phi) is 8.00. The van der Waals surface area contributed by atoms with Crippen LogP contribution in [0.5, 0.6) is 0 Å². The summed E-state index contributed by atoms with van der Waals surface area (Å²) in [5, 5.41) is 0.820. The van der Waals surface area contributed by atoms with E-state index in [9.17, 15) is 0 Å². The second-order valence-electron chi connectivity index (χ2n) is 13.2. The molecule has 0 aliphatic carbocycles. The standard InChI is InChI=1S/C48H30N6O/c1-5-14-31(15-6-1)37-22-13-23-38(28-37)47-53-45(35-20-11-4-12-21-35)52-46(54-47)36-26-24-32(25-27-36)39-29-40-42-43(55-48(40)49-30-39)41(33-16-7-2-8-17-33)50-44(51-42)34-18-9-3-10-19-34/h1-30H. The topological polar surface area (TPSA) is 90.5 Å². The highest BCUT2D eigenvalue weighted by Gasteiger charge is 2.20. The van der Waals surface area contributed by atoms with E-state index in [2.05, 4.69) is 42.5 Å². The first-order valence-corrected chi connectivity index (χ1v) is 18.0. The molecule has 7 nitrogen and oxygen atoms in total. The largest absolute Gasteiger partial charge is 0.434 e. The van der Waals surface area contributed by atoms with Crippen molar-refractivity contribution in [2.75, 3.05) is 0 Å². The predicted octanol–water partition coefficient (Wildman–Crippen LogP) is 11.6. The van der Waals surface area contributed by atoms with Crippen molar-refractivity contribution in [3.63, 3.8) is 0 Å². The van der Waals surface area contributed by atoms with Crippen molar-refractivity contribution < 1.29 is 4.42 Å². The maximum Gasteiger partial charge on any atom is 0.229 e.